The largest absolute Gasteiger partial charge is 0.379 e. The molecule has 0 N–H and O–H groups in total. The maximum atomic E-state index is 5.51. The van der Waals surface area contributed by atoms with E-state index < -0.39 is 0 Å². The second kappa shape index (κ2) is 7.22. The van der Waals surface area contributed by atoms with Gasteiger partial charge in [-0.25, -0.2) is 0 Å². The summed E-state index contributed by atoms with van der Waals surface area (Å²) in [5, 5.41) is 0. The van der Waals surface area contributed by atoms with Crippen molar-refractivity contribution < 1.29 is 14.2 Å². The maximum Gasteiger partial charge on any atom is 0.157 e. The van der Waals surface area contributed by atoms with Crippen LogP contribution in [-0.2, 0) is 14.2 Å². The van der Waals surface area contributed by atoms with Crippen LogP contribution in [0.15, 0.2) is 0 Å². The number of nitrogens with zero attached hydrogens (tertiary/aromatic N) is 1. The zero-order chi connectivity index (χ0) is 11.1. The highest BCUT2D eigenvalue weighted by Crippen LogP contribution is 2.12. The van der Waals surface area contributed by atoms with E-state index in [9.17, 15) is 0 Å². The Morgan fingerprint density at radius 3 is 2.44 bits per heavy atom. The van der Waals surface area contributed by atoms with Crippen molar-refractivity contribution in [1.29, 1.82) is 0 Å². The number of rotatable bonds is 5. The molecule has 0 aromatic carbocycles. The molecule has 2 heterocycles. The molecule has 16 heavy (non-hydrogen) atoms. The van der Waals surface area contributed by atoms with E-state index in [1.165, 1.54) is 19.4 Å². The molecule has 2 aliphatic rings. The van der Waals surface area contributed by atoms with Crippen molar-refractivity contribution in [2.24, 2.45) is 0 Å². The van der Waals surface area contributed by atoms with E-state index in [1.807, 2.05) is 0 Å². The Morgan fingerprint density at radius 2 is 1.69 bits per heavy atom. The highest BCUT2D eigenvalue weighted by Gasteiger charge is 2.14. The first-order valence-corrected chi connectivity index (χ1v) is 6.48. The topological polar surface area (TPSA) is 30.9 Å². The maximum absolute atomic E-state index is 5.51. The van der Waals surface area contributed by atoms with E-state index in [0.717, 1.165) is 52.4 Å². The van der Waals surface area contributed by atoms with Gasteiger partial charge in [0.15, 0.2) is 6.29 Å². The van der Waals surface area contributed by atoms with Crippen LogP contribution >= 0.6 is 0 Å². The SMILES string of the molecule is C1COC(CCCCN2CCOCC2)OC1. The van der Waals surface area contributed by atoms with Crippen LogP contribution < -0.4 is 0 Å². The van der Waals surface area contributed by atoms with E-state index in [0.29, 0.717) is 0 Å². The summed E-state index contributed by atoms with van der Waals surface area (Å²) in [4.78, 5) is 2.48. The number of hydrogen-bond acceptors (Lipinski definition) is 4. The molecule has 4 heteroatoms. The zero-order valence-corrected chi connectivity index (χ0v) is 10.0. The van der Waals surface area contributed by atoms with Crippen LogP contribution in [-0.4, -0.2) is 57.3 Å². The molecule has 2 saturated heterocycles. The van der Waals surface area contributed by atoms with Gasteiger partial charge >= 0.3 is 0 Å². The number of hydrogen-bond donors (Lipinski definition) is 0. The second-order valence-electron chi connectivity index (χ2n) is 4.47. The first-order chi connectivity index (χ1) is 7.95. The van der Waals surface area contributed by atoms with Crippen molar-refractivity contribution >= 4 is 0 Å². The summed E-state index contributed by atoms with van der Waals surface area (Å²) in [5.74, 6) is 0. The minimum atomic E-state index is 0.0680. The van der Waals surface area contributed by atoms with Gasteiger partial charge in [0.2, 0.25) is 0 Å². The highest BCUT2D eigenvalue weighted by molar-refractivity contribution is 4.62. The summed E-state index contributed by atoms with van der Waals surface area (Å²) < 4.78 is 16.3. The van der Waals surface area contributed by atoms with Crippen LogP contribution in [0, 0.1) is 0 Å². The molecular formula is C12H23NO3. The Balaban J connectivity index is 1.47. The van der Waals surface area contributed by atoms with Crippen LogP contribution in [0.1, 0.15) is 25.7 Å². The van der Waals surface area contributed by atoms with E-state index in [1.54, 1.807) is 0 Å². The van der Waals surface area contributed by atoms with Gasteiger partial charge < -0.3 is 14.2 Å². The zero-order valence-electron chi connectivity index (χ0n) is 10.0. The van der Waals surface area contributed by atoms with E-state index in [2.05, 4.69) is 4.90 Å². The number of ether oxygens (including phenoxy) is 3. The van der Waals surface area contributed by atoms with Gasteiger partial charge in [-0.2, -0.15) is 0 Å². The van der Waals surface area contributed by atoms with E-state index in [4.69, 9.17) is 14.2 Å². The van der Waals surface area contributed by atoms with E-state index in [-0.39, 0.29) is 6.29 Å². The molecule has 0 aromatic rings. The first kappa shape index (κ1) is 12.3. The molecule has 0 spiro atoms. The predicted octanol–water partition coefficient (Wildman–Crippen LogP) is 1.25. The molecule has 0 atom stereocenters. The first-order valence-electron chi connectivity index (χ1n) is 6.48. The molecule has 94 valence electrons. The smallest absolute Gasteiger partial charge is 0.157 e. The monoisotopic (exact) mass is 229 g/mol. The predicted molar refractivity (Wildman–Crippen MR) is 61.4 cm³/mol. The van der Waals surface area contributed by atoms with Crippen molar-refractivity contribution in [3.63, 3.8) is 0 Å². The van der Waals surface area contributed by atoms with Gasteiger partial charge in [0.1, 0.15) is 0 Å². The molecule has 0 radical (unpaired) electrons. The molecule has 2 rings (SSSR count). The lowest BCUT2D eigenvalue weighted by molar-refractivity contribution is -0.181. The molecule has 0 amide bonds. The third-order valence-corrected chi connectivity index (χ3v) is 3.16. The Kier molecular flexibility index (Phi) is 5.55. The summed E-state index contributed by atoms with van der Waals surface area (Å²) >= 11 is 0. The van der Waals surface area contributed by atoms with Crippen molar-refractivity contribution in [2.75, 3.05) is 46.1 Å². The quantitative estimate of drug-likeness (QED) is 0.664. The van der Waals surface area contributed by atoms with Crippen LogP contribution in [0.4, 0.5) is 0 Å². The molecule has 0 aliphatic carbocycles. The van der Waals surface area contributed by atoms with E-state index >= 15 is 0 Å². The van der Waals surface area contributed by atoms with Crippen LogP contribution in [0.5, 0.6) is 0 Å². The number of unbranched alkanes of at least 4 members (excludes halogenated alkanes) is 1. The summed E-state index contributed by atoms with van der Waals surface area (Å²) in [6, 6.07) is 0. The standard InChI is InChI=1S/C12H23NO3/c1(4-12-15-8-3-9-16-12)2-5-13-6-10-14-11-7-13/h12H,1-11H2. The molecule has 4 nitrogen and oxygen atoms in total. The van der Waals surface area contributed by atoms with Gasteiger partial charge in [-0.05, 0) is 32.2 Å². The summed E-state index contributed by atoms with van der Waals surface area (Å²) in [6.45, 7) is 6.91. The average Bonchev–Trinajstić information content (AvgIpc) is 2.37. The fraction of sp³-hybridized carbons (Fsp3) is 1.00. The fourth-order valence-electron chi connectivity index (χ4n) is 2.17. The lowest BCUT2D eigenvalue weighted by Crippen LogP contribution is -2.36. The third-order valence-electron chi connectivity index (χ3n) is 3.16. The van der Waals surface area contributed by atoms with Crippen molar-refractivity contribution in [3.05, 3.63) is 0 Å². The lowest BCUT2D eigenvalue weighted by atomic mass is 10.2. The van der Waals surface area contributed by atoms with Crippen molar-refractivity contribution in [3.8, 4) is 0 Å². The second-order valence-corrected chi connectivity index (χ2v) is 4.47. The Bertz CT molecular complexity index is 157. The number of morpholine rings is 1. The van der Waals surface area contributed by atoms with Crippen LogP contribution in [0.25, 0.3) is 0 Å². The van der Waals surface area contributed by atoms with Gasteiger partial charge in [0.05, 0.1) is 26.4 Å². The fourth-order valence-corrected chi connectivity index (χ4v) is 2.17. The van der Waals surface area contributed by atoms with Crippen molar-refractivity contribution in [1.82, 2.24) is 4.90 Å². The minimum Gasteiger partial charge on any atom is -0.379 e. The average molecular weight is 229 g/mol. The van der Waals surface area contributed by atoms with Gasteiger partial charge in [0.25, 0.3) is 0 Å². The molecular weight excluding hydrogens is 206 g/mol. The Labute approximate surface area is 97.8 Å². The minimum absolute atomic E-state index is 0.0680. The summed E-state index contributed by atoms with van der Waals surface area (Å²) in [7, 11) is 0. The van der Waals surface area contributed by atoms with Gasteiger partial charge in [-0.15, -0.1) is 0 Å². The molecule has 2 aliphatic heterocycles. The van der Waals surface area contributed by atoms with Crippen LogP contribution in [0.3, 0.4) is 0 Å². The van der Waals surface area contributed by atoms with Gasteiger partial charge in [0, 0.05) is 13.1 Å². The Hall–Kier alpha value is -0.160. The summed E-state index contributed by atoms with van der Waals surface area (Å²) in [6.07, 6.45) is 4.60. The van der Waals surface area contributed by atoms with Gasteiger partial charge in [-0.3, -0.25) is 4.90 Å². The van der Waals surface area contributed by atoms with Crippen LogP contribution in [0.2, 0.25) is 0 Å². The molecule has 0 aromatic heterocycles. The molecule has 0 bridgehead atoms. The third kappa shape index (κ3) is 4.37. The summed E-state index contributed by atoms with van der Waals surface area (Å²) in [5.41, 5.74) is 0. The molecule has 2 fully saturated rings. The van der Waals surface area contributed by atoms with Gasteiger partial charge in [-0.1, -0.05) is 0 Å². The van der Waals surface area contributed by atoms with Crippen molar-refractivity contribution in [2.45, 2.75) is 32.0 Å². The molecule has 0 unspecified atom stereocenters. The Morgan fingerprint density at radius 1 is 0.938 bits per heavy atom. The molecule has 0 saturated carbocycles. The normalized spacial score (nSPS) is 24.8. The lowest BCUT2D eigenvalue weighted by Gasteiger charge is -2.27. The highest BCUT2D eigenvalue weighted by atomic mass is 16.7.